The van der Waals surface area contributed by atoms with E-state index in [4.69, 9.17) is 16.3 Å². The molecule has 90 valence electrons. The van der Waals surface area contributed by atoms with Gasteiger partial charge in [-0.15, -0.1) is 0 Å². The lowest BCUT2D eigenvalue weighted by atomic mass is 10.3. The third-order valence-electron chi connectivity index (χ3n) is 2.09. The van der Waals surface area contributed by atoms with E-state index in [1.54, 1.807) is 0 Å². The molecule has 0 bridgehead atoms. The summed E-state index contributed by atoms with van der Waals surface area (Å²) in [6.07, 6.45) is 0. The normalized spacial score (nSPS) is 10.4. The van der Waals surface area contributed by atoms with Crippen molar-refractivity contribution in [2.45, 2.75) is 6.92 Å². The third kappa shape index (κ3) is 5.95. The molecule has 0 aliphatic carbocycles. The summed E-state index contributed by atoms with van der Waals surface area (Å²) in [5, 5.41) is 7.27. The zero-order chi connectivity index (χ0) is 11.6. The molecule has 0 radical (unpaired) electrons. The van der Waals surface area contributed by atoms with Crippen molar-refractivity contribution in [3.63, 3.8) is 0 Å². The first-order valence-corrected chi connectivity index (χ1v) is 6.00. The maximum absolute atomic E-state index is 5.77. The molecule has 0 atom stereocenters. The molecule has 0 aromatic heterocycles. The summed E-state index contributed by atoms with van der Waals surface area (Å²) in [5.74, 6) is 0.859. The van der Waals surface area contributed by atoms with Crippen molar-refractivity contribution in [1.29, 1.82) is 0 Å². The first-order chi connectivity index (χ1) is 7.83. The summed E-state index contributed by atoms with van der Waals surface area (Å²) in [6.45, 7) is 6.61. The highest BCUT2D eigenvalue weighted by molar-refractivity contribution is 6.30. The van der Waals surface area contributed by atoms with Gasteiger partial charge in [-0.1, -0.05) is 18.5 Å². The van der Waals surface area contributed by atoms with Gasteiger partial charge in [-0.2, -0.15) is 0 Å². The van der Waals surface area contributed by atoms with Crippen molar-refractivity contribution in [3.05, 3.63) is 29.3 Å². The summed E-state index contributed by atoms with van der Waals surface area (Å²) in [6, 6.07) is 7.41. The van der Waals surface area contributed by atoms with Gasteiger partial charge in [-0.05, 0) is 30.8 Å². The Balaban J connectivity index is 2.01. The van der Waals surface area contributed by atoms with Crippen LogP contribution in [0, 0.1) is 0 Å². The molecule has 0 saturated carbocycles. The van der Waals surface area contributed by atoms with Gasteiger partial charge in [-0.3, -0.25) is 0 Å². The predicted molar refractivity (Wildman–Crippen MR) is 68.4 cm³/mol. The number of benzene rings is 1. The maximum Gasteiger partial charge on any atom is 0.119 e. The van der Waals surface area contributed by atoms with Crippen LogP contribution in [0.3, 0.4) is 0 Å². The Morgan fingerprint density at radius 3 is 2.44 bits per heavy atom. The largest absolute Gasteiger partial charge is 0.492 e. The summed E-state index contributed by atoms with van der Waals surface area (Å²) in [5.41, 5.74) is 0. The van der Waals surface area contributed by atoms with Crippen molar-refractivity contribution < 1.29 is 4.74 Å². The minimum Gasteiger partial charge on any atom is -0.492 e. The molecule has 3 nitrogen and oxygen atoms in total. The first-order valence-electron chi connectivity index (χ1n) is 5.62. The highest BCUT2D eigenvalue weighted by Gasteiger charge is 1.93. The summed E-state index contributed by atoms with van der Waals surface area (Å²) in [7, 11) is 0. The molecule has 0 fully saturated rings. The Hall–Kier alpha value is -0.770. The van der Waals surface area contributed by atoms with Gasteiger partial charge in [0.2, 0.25) is 0 Å². The Morgan fingerprint density at radius 2 is 1.75 bits per heavy atom. The minimum absolute atomic E-state index is 0.674. The average Bonchev–Trinajstić information content (AvgIpc) is 2.30. The maximum atomic E-state index is 5.77. The monoisotopic (exact) mass is 242 g/mol. The number of nitrogens with one attached hydrogen (secondary N) is 2. The molecule has 2 N–H and O–H groups in total. The lowest BCUT2D eigenvalue weighted by Gasteiger charge is -2.07. The second-order valence-electron chi connectivity index (χ2n) is 3.41. The fraction of sp³-hybridized carbons (Fsp3) is 0.500. The molecule has 0 aliphatic heterocycles. The van der Waals surface area contributed by atoms with Crippen LogP contribution in [0.15, 0.2) is 24.3 Å². The van der Waals surface area contributed by atoms with Crippen molar-refractivity contribution in [2.24, 2.45) is 0 Å². The Labute approximate surface area is 102 Å². The quantitative estimate of drug-likeness (QED) is 0.684. The van der Waals surface area contributed by atoms with Gasteiger partial charge < -0.3 is 15.4 Å². The molecule has 16 heavy (non-hydrogen) atoms. The number of likely N-dealkylation sites (N-methyl/N-ethyl adjacent to an activating group) is 1. The van der Waals surface area contributed by atoms with Crippen molar-refractivity contribution in [3.8, 4) is 5.75 Å². The Bertz CT molecular complexity index is 277. The number of halogens is 1. The van der Waals surface area contributed by atoms with E-state index in [0.717, 1.165) is 37.0 Å². The van der Waals surface area contributed by atoms with Crippen molar-refractivity contribution in [2.75, 3.05) is 32.8 Å². The smallest absolute Gasteiger partial charge is 0.119 e. The van der Waals surface area contributed by atoms with Crippen LogP contribution < -0.4 is 15.4 Å². The minimum atomic E-state index is 0.674. The first kappa shape index (κ1) is 13.3. The lowest BCUT2D eigenvalue weighted by molar-refractivity contribution is 0.314. The average molecular weight is 243 g/mol. The topological polar surface area (TPSA) is 33.3 Å². The zero-order valence-electron chi connectivity index (χ0n) is 9.63. The van der Waals surface area contributed by atoms with Crippen LogP contribution >= 0.6 is 11.6 Å². The van der Waals surface area contributed by atoms with E-state index in [2.05, 4.69) is 17.6 Å². The highest BCUT2D eigenvalue weighted by atomic mass is 35.5. The second kappa shape index (κ2) is 8.39. The number of hydrogen-bond donors (Lipinski definition) is 2. The molecule has 0 aliphatic rings. The summed E-state index contributed by atoms with van der Waals surface area (Å²) in [4.78, 5) is 0. The van der Waals surface area contributed by atoms with E-state index in [9.17, 15) is 0 Å². The molecule has 1 aromatic rings. The van der Waals surface area contributed by atoms with Crippen LogP contribution in [0.25, 0.3) is 0 Å². The molecule has 4 heteroatoms. The number of rotatable bonds is 8. The fourth-order valence-corrected chi connectivity index (χ4v) is 1.38. The Morgan fingerprint density at radius 1 is 1.06 bits per heavy atom. The van der Waals surface area contributed by atoms with Gasteiger partial charge in [0, 0.05) is 24.7 Å². The third-order valence-corrected chi connectivity index (χ3v) is 2.34. The molecular formula is C12H19ClN2O. The van der Waals surface area contributed by atoms with E-state index >= 15 is 0 Å². The van der Waals surface area contributed by atoms with Gasteiger partial charge in [0.15, 0.2) is 0 Å². The molecule has 1 aromatic carbocycles. The molecule has 0 saturated heterocycles. The van der Waals surface area contributed by atoms with E-state index in [0.29, 0.717) is 6.61 Å². The SMILES string of the molecule is CCNCCNCCOc1ccc(Cl)cc1. The highest BCUT2D eigenvalue weighted by Crippen LogP contribution is 2.14. The molecule has 0 heterocycles. The van der Waals surface area contributed by atoms with Crippen LogP contribution in [0.5, 0.6) is 5.75 Å². The lowest BCUT2D eigenvalue weighted by Crippen LogP contribution is -2.29. The molecule has 0 unspecified atom stereocenters. The summed E-state index contributed by atoms with van der Waals surface area (Å²) >= 11 is 5.77. The van der Waals surface area contributed by atoms with Crippen LogP contribution in [-0.4, -0.2) is 32.8 Å². The van der Waals surface area contributed by atoms with Gasteiger partial charge in [0.05, 0.1) is 0 Å². The van der Waals surface area contributed by atoms with E-state index in [1.165, 1.54) is 0 Å². The van der Waals surface area contributed by atoms with Crippen molar-refractivity contribution >= 4 is 11.6 Å². The number of hydrogen-bond acceptors (Lipinski definition) is 3. The summed E-state index contributed by atoms with van der Waals surface area (Å²) < 4.78 is 5.53. The van der Waals surface area contributed by atoms with Crippen LogP contribution in [0.2, 0.25) is 5.02 Å². The van der Waals surface area contributed by atoms with E-state index < -0.39 is 0 Å². The molecule has 1 rings (SSSR count). The van der Waals surface area contributed by atoms with Crippen LogP contribution in [0.1, 0.15) is 6.92 Å². The molecule has 0 spiro atoms. The van der Waals surface area contributed by atoms with E-state index in [-0.39, 0.29) is 0 Å². The molecule has 0 amide bonds. The van der Waals surface area contributed by atoms with Crippen LogP contribution in [0.4, 0.5) is 0 Å². The molecular weight excluding hydrogens is 224 g/mol. The van der Waals surface area contributed by atoms with Crippen molar-refractivity contribution in [1.82, 2.24) is 10.6 Å². The standard InChI is InChI=1S/C12H19ClN2O/c1-2-14-7-8-15-9-10-16-12-5-3-11(13)4-6-12/h3-6,14-15H,2,7-10H2,1H3. The number of ether oxygens (including phenoxy) is 1. The zero-order valence-corrected chi connectivity index (χ0v) is 10.4. The van der Waals surface area contributed by atoms with Crippen LogP contribution in [-0.2, 0) is 0 Å². The fourth-order valence-electron chi connectivity index (χ4n) is 1.25. The van der Waals surface area contributed by atoms with E-state index in [1.807, 2.05) is 24.3 Å². The van der Waals surface area contributed by atoms with Gasteiger partial charge in [-0.25, -0.2) is 0 Å². The Kier molecular flexibility index (Phi) is 6.97. The second-order valence-corrected chi connectivity index (χ2v) is 3.84. The van der Waals surface area contributed by atoms with Gasteiger partial charge in [0.25, 0.3) is 0 Å². The van der Waals surface area contributed by atoms with Gasteiger partial charge in [0.1, 0.15) is 12.4 Å². The van der Waals surface area contributed by atoms with Gasteiger partial charge >= 0.3 is 0 Å². The predicted octanol–water partition coefficient (Wildman–Crippen LogP) is 1.92.